The van der Waals surface area contributed by atoms with E-state index in [9.17, 15) is 9.59 Å². The number of nitrogens with zero attached hydrogens (tertiary/aromatic N) is 1. The van der Waals surface area contributed by atoms with Crippen LogP contribution in [0.15, 0.2) is 84.0 Å². The molecular weight excluding hydrogens is 404 g/mol. The fourth-order valence-corrected chi connectivity index (χ4v) is 3.74. The van der Waals surface area contributed by atoms with Crippen LogP contribution in [0.5, 0.6) is 0 Å². The van der Waals surface area contributed by atoms with Gasteiger partial charge in [-0.05, 0) is 47.3 Å². The van der Waals surface area contributed by atoms with E-state index in [-0.39, 0.29) is 12.2 Å². The Hall–Kier alpha value is -4.39. The quantitative estimate of drug-likeness (QED) is 0.375. The second-order valence-electron chi connectivity index (χ2n) is 7.43. The molecule has 0 atom stereocenters. The summed E-state index contributed by atoms with van der Waals surface area (Å²) in [4.78, 5) is 35.0. The highest BCUT2D eigenvalue weighted by Gasteiger charge is 2.11. The first-order valence-electron chi connectivity index (χ1n) is 10.2. The fraction of sp³-hybridized carbons (Fsp3) is 0.0800. The molecule has 0 radical (unpaired) electrons. The first kappa shape index (κ1) is 19.6. The predicted octanol–water partition coefficient (Wildman–Crippen LogP) is 4.86. The number of hydrogen-bond acceptors (Lipinski definition) is 4. The van der Waals surface area contributed by atoms with E-state index < -0.39 is 6.09 Å². The number of nitrogens with one attached hydrogen (secondary N) is 3. The van der Waals surface area contributed by atoms with Gasteiger partial charge in [0, 0.05) is 52.7 Å². The third-order valence-electron chi connectivity index (χ3n) is 5.35. The number of para-hydroxylation sites is 1. The van der Waals surface area contributed by atoms with Gasteiger partial charge in [0.1, 0.15) is 0 Å². The van der Waals surface area contributed by atoms with Gasteiger partial charge in [-0.2, -0.15) is 0 Å². The summed E-state index contributed by atoms with van der Waals surface area (Å²) in [5.74, 6) is 0. The largest absolute Gasteiger partial charge is 0.449 e. The molecule has 7 nitrogen and oxygen atoms in total. The van der Waals surface area contributed by atoms with Crippen molar-refractivity contribution in [2.45, 2.75) is 6.42 Å². The molecule has 0 aliphatic carbocycles. The highest BCUT2D eigenvalue weighted by Crippen LogP contribution is 2.28. The lowest BCUT2D eigenvalue weighted by atomic mass is 10.0. The summed E-state index contributed by atoms with van der Waals surface area (Å²) >= 11 is 0. The van der Waals surface area contributed by atoms with Gasteiger partial charge in [-0.1, -0.05) is 24.3 Å². The molecular formula is C25H20N4O3. The van der Waals surface area contributed by atoms with Crippen LogP contribution >= 0.6 is 0 Å². The number of benzene rings is 2. The van der Waals surface area contributed by atoms with Crippen molar-refractivity contribution in [3.8, 4) is 11.1 Å². The Labute approximate surface area is 183 Å². The van der Waals surface area contributed by atoms with Crippen molar-refractivity contribution in [2.75, 3.05) is 11.9 Å². The number of carbonyl (C=O) groups excluding carboxylic acids is 1. The van der Waals surface area contributed by atoms with Gasteiger partial charge in [0.15, 0.2) is 0 Å². The Bertz CT molecular complexity index is 1470. The zero-order valence-corrected chi connectivity index (χ0v) is 17.1. The number of aromatic nitrogens is 3. The van der Waals surface area contributed by atoms with Gasteiger partial charge in [0.2, 0.25) is 0 Å². The molecule has 0 bridgehead atoms. The van der Waals surface area contributed by atoms with E-state index in [1.165, 1.54) is 0 Å². The van der Waals surface area contributed by atoms with Crippen LogP contribution in [0.2, 0.25) is 0 Å². The molecule has 1 amide bonds. The Morgan fingerprint density at radius 2 is 1.81 bits per heavy atom. The monoisotopic (exact) mass is 424 g/mol. The van der Waals surface area contributed by atoms with Crippen molar-refractivity contribution in [3.63, 3.8) is 0 Å². The molecule has 2 aromatic carbocycles. The summed E-state index contributed by atoms with van der Waals surface area (Å²) in [6, 6.07) is 18.8. The lowest BCUT2D eigenvalue weighted by Crippen LogP contribution is -2.15. The molecule has 0 aliphatic rings. The molecule has 0 saturated carbocycles. The lowest BCUT2D eigenvalue weighted by molar-refractivity contribution is 0.163. The van der Waals surface area contributed by atoms with E-state index >= 15 is 0 Å². The lowest BCUT2D eigenvalue weighted by Gasteiger charge is -2.09. The van der Waals surface area contributed by atoms with Gasteiger partial charge in [0.25, 0.3) is 5.56 Å². The van der Waals surface area contributed by atoms with Gasteiger partial charge in [-0.15, -0.1) is 0 Å². The number of hydrogen-bond donors (Lipinski definition) is 3. The van der Waals surface area contributed by atoms with Crippen LogP contribution in [-0.4, -0.2) is 27.7 Å². The summed E-state index contributed by atoms with van der Waals surface area (Å²) in [5.41, 5.74) is 4.44. The maximum atomic E-state index is 12.8. The van der Waals surface area contributed by atoms with Crippen LogP contribution in [0.3, 0.4) is 0 Å². The third kappa shape index (κ3) is 3.96. The number of rotatable bonds is 5. The van der Waals surface area contributed by atoms with Gasteiger partial charge < -0.3 is 14.7 Å². The summed E-state index contributed by atoms with van der Waals surface area (Å²) in [7, 11) is 0. The van der Waals surface area contributed by atoms with Crippen LogP contribution in [-0.2, 0) is 11.2 Å². The molecule has 32 heavy (non-hydrogen) atoms. The first-order chi connectivity index (χ1) is 15.7. The maximum absolute atomic E-state index is 12.8. The normalized spacial score (nSPS) is 11.0. The van der Waals surface area contributed by atoms with E-state index in [2.05, 4.69) is 20.3 Å². The standard InChI is InChI=1S/C25H20N4O3/c30-24-20(21-15-27-22-4-2-1-3-19(21)22)13-17-5-6-18(14-23(17)29-24)28-25(31)32-12-9-16-7-10-26-11-8-16/h1-8,10-11,13-15,27H,9,12H2,(H,28,31)(H,29,30). The topological polar surface area (TPSA) is 99.9 Å². The second-order valence-corrected chi connectivity index (χ2v) is 7.43. The van der Waals surface area contributed by atoms with Gasteiger partial charge >= 0.3 is 6.09 Å². The number of aromatic amines is 2. The number of H-pyrrole nitrogens is 2. The van der Waals surface area contributed by atoms with Gasteiger partial charge in [0.05, 0.1) is 12.1 Å². The number of pyridine rings is 2. The number of amides is 1. The summed E-state index contributed by atoms with van der Waals surface area (Å²) in [5, 5.41) is 4.56. The van der Waals surface area contributed by atoms with E-state index in [4.69, 9.17) is 4.74 Å². The minimum absolute atomic E-state index is 0.195. The highest BCUT2D eigenvalue weighted by atomic mass is 16.5. The van der Waals surface area contributed by atoms with Gasteiger partial charge in [-0.25, -0.2) is 4.79 Å². The maximum Gasteiger partial charge on any atom is 0.411 e. The molecule has 5 aromatic rings. The van der Waals surface area contributed by atoms with Crippen molar-refractivity contribution in [1.82, 2.24) is 15.0 Å². The number of anilines is 1. The first-order valence-corrected chi connectivity index (χ1v) is 10.2. The zero-order valence-electron chi connectivity index (χ0n) is 17.1. The van der Waals surface area contributed by atoms with Crippen molar-refractivity contribution in [1.29, 1.82) is 0 Å². The molecule has 3 N–H and O–H groups in total. The minimum atomic E-state index is -0.545. The van der Waals surface area contributed by atoms with Crippen LogP contribution in [0, 0.1) is 0 Å². The zero-order chi connectivity index (χ0) is 21.9. The molecule has 3 aromatic heterocycles. The van der Waals surface area contributed by atoms with E-state index in [1.54, 1.807) is 24.5 Å². The number of ether oxygens (including phenoxy) is 1. The highest BCUT2D eigenvalue weighted by molar-refractivity contribution is 5.98. The van der Waals surface area contributed by atoms with E-state index in [1.807, 2.05) is 54.7 Å². The van der Waals surface area contributed by atoms with Crippen molar-refractivity contribution in [3.05, 3.63) is 95.2 Å². The molecule has 5 rings (SSSR count). The predicted molar refractivity (Wildman–Crippen MR) is 125 cm³/mol. The number of carbonyl (C=O) groups is 1. The van der Waals surface area contributed by atoms with Crippen molar-refractivity contribution < 1.29 is 9.53 Å². The fourth-order valence-electron chi connectivity index (χ4n) is 3.74. The Morgan fingerprint density at radius 1 is 0.969 bits per heavy atom. The van der Waals surface area contributed by atoms with Crippen LogP contribution in [0.1, 0.15) is 5.56 Å². The average Bonchev–Trinajstić information content (AvgIpc) is 3.23. The van der Waals surface area contributed by atoms with E-state index in [0.29, 0.717) is 23.2 Å². The van der Waals surface area contributed by atoms with Crippen molar-refractivity contribution in [2.24, 2.45) is 0 Å². The molecule has 0 fully saturated rings. The molecule has 0 aliphatic heterocycles. The summed E-state index contributed by atoms with van der Waals surface area (Å²) in [6.07, 6.45) is 5.32. The molecule has 158 valence electrons. The molecule has 0 saturated heterocycles. The van der Waals surface area contributed by atoms with Crippen LogP contribution < -0.4 is 10.9 Å². The Balaban J connectivity index is 1.33. The summed E-state index contributed by atoms with van der Waals surface area (Å²) < 4.78 is 5.25. The Morgan fingerprint density at radius 3 is 2.69 bits per heavy atom. The van der Waals surface area contributed by atoms with Gasteiger partial charge in [-0.3, -0.25) is 15.1 Å². The third-order valence-corrected chi connectivity index (χ3v) is 5.35. The van der Waals surface area contributed by atoms with Crippen molar-refractivity contribution >= 4 is 33.6 Å². The minimum Gasteiger partial charge on any atom is -0.449 e. The number of fused-ring (bicyclic) bond motifs is 2. The molecule has 0 unspecified atom stereocenters. The Kier molecular flexibility index (Phi) is 5.13. The molecule has 0 spiro atoms. The van der Waals surface area contributed by atoms with Crippen LogP contribution in [0.25, 0.3) is 32.9 Å². The average molecular weight is 424 g/mol. The SMILES string of the molecule is O=C(Nc1ccc2cc(-c3c[nH]c4ccccc34)c(=O)[nH]c2c1)OCCc1ccncc1. The van der Waals surface area contributed by atoms with Crippen LogP contribution in [0.4, 0.5) is 10.5 Å². The second kappa shape index (κ2) is 8.39. The summed E-state index contributed by atoms with van der Waals surface area (Å²) in [6.45, 7) is 0.258. The van der Waals surface area contributed by atoms with E-state index in [0.717, 1.165) is 27.4 Å². The smallest absolute Gasteiger partial charge is 0.411 e. The molecule has 3 heterocycles. The molecule has 7 heteroatoms.